The van der Waals surface area contributed by atoms with Gasteiger partial charge in [-0.1, -0.05) is 0 Å². The second kappa shape index (κ2) is 5.25. The molecular formula is C7H12N4O5S. The van der Waals surface area contributed by atoms with E-state index in [4.69, 9.17) is 9.84 Å². The molecule has 0 radical (unpaired) electrons. The Hall–Kier alpha value is -0.780. The summed E-state index contributed by atoms with van der Waals surface area (Å²) in [6.45, 7) is -0.461. The van der Waals surface area contributed by atoms with Gasteiger partial charge in [0.2, 0.25) is 0 Å². The molecule has 1 aromatic heterocycles. The number of hydrogen-bond acceptors (Lipinski definition) is 9. The van der Waals surface area contributed by atoms with Gasteiger partial charge in [0.25, 0.3) is 0 Å². The van der Waals surface area contributed by atoms with Gasteiger partial charge in [0.1, 0.15) is 24.4 Å². The number of aliphatic hydroxyl groups excluding tert-OH is 4. The average Bonchev–Trinajstić information content (AvgIpc) is 2.83. The Kier molecular flexibility index (Phi) is 3.91. The molecule has 0 aliphatic carbocycles. The number of ether oxygens (including phenoxy) is 1. The van der Waals surface area contributed by atoms with Crippen LogP contribution in [0.25, 0.3) is 0 Å². The molecule has 5 atom stereocenters. The van der Waals surface area contributed by atoms with Crippen molar-refractivity contribution in [2.75, 3.05) is 6.61 Å². The van der Waals surface area contributed by atoms with Crippen molar-refractivity contribution in [2.45, 2.75) is 29.9 Å². The minimum absolute atomic E-state index is 0.461. The van der Waals surface area contributed by atoms with E-state index in [-0.39, 0.29) is 0 Å². The van der Waals surface area contributed by atoms with Gasteiger partial charge in [0, 0.05) is 11.9 Å². The highest BCUT2D eigenvalue weighted by Gasteiger charge is 2.44. The third kappa shape index (κ3) is 2.56. The summed E-state index contributed by atoms with van der Waals surface area (Å²) in [5.41, 5.74) is -0.881. The molecule has 0 amide bonds. The van der Waals surface area contributed by atoms with E-state index in [1.165, 1.54) is 10.4 Å². The van der Waals surface area contributed by atoms with Crippen molar-refractivity contribution < 1.29 is 25.2 Å². The third-order valence-corrected chi connectivity index (χ3v) is 3.37. The van der Waals surface area contributed by atoms with Crippen LogP contribution in [-0.2, 0) is 4.74 Å². The summed E-state index contributed by atoms with van der Waals surface area (Å²) in [4.78, 5) is 0. The molecule has 0 aromatic carbocycles. The number of hydrogen-bond donors (Lipinski definition) is 4. The van der Waals surface area contributed by atoms with Gasteiger partial charge in [-0.15, -0.1) is 5.10 Å². The van der Waals surface area contributed by atoms with Crippen molar-refractivity contribution in [1.29, 1.82) is 0 Å². The molecule has 1 saturated heterocycles. The van der Waals surface area contributed by atoms with Crippen LogP contribution in [0.2, 0.25) is 0 Å². The number of tetrazole rings is 1. The molecule has 9 nitrogen and oxygen atoms in total. The lowest BCUT2D eigenvalue weighted by Crippen LogP contribution is -2.57. The molecule has 0 spiro atoms. The Morgan fingerprint density at radius 2 is 2.00 bits per heavy atom. The van der Waals surface area contributed by atoms with Crippen LogP contribution in [0.4, 0.5) is 0 Å². The van der Waals surface area contributed by atoms with E-state index in [2.05, 4.69) is 15.5 Å². The second-order valence-corrected chi connectivity index (χ2v) is 4.56. The van der Waals surface area contributed by atoms with Crippen LogP contribution in [0, 0.1) is 0 Å². The van der Waals surface area contributed by atoms with Gasteiger partial charge in [-0.3, -0.25) is 0 Å². The van der Waals surface area contributed by atoms with Crippen LogP contribution in [0.1, 0.15) is 0 Å². The molecule has 10 heteroatoms. The zero-order chi connectivity index (χ0) is 12.4. The van der Waals surface area contributed by atoms with Crippen molar-refractivity contribution >= 4 is 11.9 Å². The smallest absolute Gasteiger partial charge is 0.153 e. The van der Waals surface area contributed by atoms with E-state index in [1.54, 1.807) is 0 Å². The van der Waals surface area contributed by atoms with Crippen LogP contribution in [0.15, 0.2) is 6.33 Å². The minimum atomic E-state index is -1.39. The largest absolute Gasteiger partial charge is 0.394 e. The van der Waals surface area contributed by atoms with E-state index in [1.807, 2.05) is 0 Å². The van der Waals surface area contributed by atoms with Crippen molar-refractivity contribution in [2.24, 2.45) is 0 Å². The summed E-state index contributed by atoms with van der Waals surface area (Å²) in [5, 5.41) is 48.1. The predicted octanol–water partition coefficient (Wildman–Crippen LogP) is -3.03. The SMILES string of the molecule is OC[C@H]1O[C@@H](Sn2cnnn2)[C@H](O)[C@@H](O)[C@H]1O. The maximum atomic E-state index is 9.70. The summed E-state index contributed by atoms with van der Waals surface area (Å²) >= 11 is 0.930. The van der Waals surface area contributed by atoms with E-state index in [0.717, 1.165) is 11.9 Å². The molecule has 1 aliphatic heterocycles. The van der Waals surface area contributed by atoms with Crippen LogP contribution >= 0.6 is 11.9 Å². The molecule has 17 heavy (non-hydrogen) atoms. The highest BCUT2D eigenvalue weighted by atomic mass is 32.2. The standard InChI is InChI=1S/C7H12N4O5S/c12-1-3-4(13)5(14)6(15)7(16-3)17-11-2-8-9-10-11/h2-7,12-15H,1H2/t3-,4+,5+,6-,7+/m1/s1. The van der Waals surface area contributed by atoms with Gasteiger partial charge >= 0.3 is 0 Å². The molecule has 2 heterocycles. The summed E-state index contributed by atoms with van der Waals surface area (Å²) in [6.07, 6.45) is -3.69. The van der Waals surface area contributed by atoms with Crippen molar-refractivity contribution in [3.05, 3.63) is 6.33 Å². The van der Waals surface area contributed by atoms with Crippen molar-refractivity contribution in [1.82, 2.24) is 19.6 Å². The van der Waals surface area contributed by atoms with Gasteiger partial charge in [-0.2, -0.15) is 4.09 Å². The number of rotatable bonds is 3. The lowest BCUT2D eigenvalue weighted by Gasteiger charge is -2.39. The third-order valence-electron chi connectivity index (χ3n) is 2.39. The molecule has 1 aliphatic rings. The predicted molar refractivity (Wildman–Crippen MR) is 54.6 cm³/mol. The lowest BCUT2D eigenvalue weighted by atomic mass is 10.0. The molecule has 4 N–H and O–H groups in total. The zero-order valence-corrected chi connectivity index (χ0v) is 9.38. The Morgan fingerprint density at radius 1 is 1.24 bits per heavy atom. The van der Waals surface area contributed by atoms with E-state index >= 15 is 0 Å². The Labute approximate surface area is 100 Å². The number of nitrogens with zero attached hydrogens (tertiary/aromatic N) is 4. The first-order chi connectivity index (χ1) is 8.13. The minimum Gasteiger partial charge on any atom is -0.394 e. The Balaban J connectivity index is 2.06. The topological polar surface area (TPSA) is 134 Å². The monoisotopic (exact) mass is 264 g/mol. The van der Waals surface area contributed by atoms with Crippen molar-refractivity contribution in [3.63, 3.8) is 0 Å². The molecule has 0 saturated carbocycles. The Morgan fingerprint density at radius 3 is 2.59 bits per heavy atom. The van der Waals surface area contributed by atoms with Crippen LogP contribution in [0.3, 0.4) is 0 Å². The van der Waals surface area contributed by atoms with Gasteiger partial charge in [0.05, 0.1) is 6.61 Å². The summed E-state index contributed by atoms with van der Waals surface area (Å²) in [5.74, 6) is 0. The maximum Gasteiger partial charge on any atom is 0.153 e. The molecule has 2 rings (SSSR count). The van der Waals surface area contributed by atoms with Crippen LogP contribution in [-0.4, -0.2) is 76.5 Å². The van der Waals surface area contributed by atoms with Gasteiger partial charge in [0.15, 0.2) is 11.8 Å². The normalized spacial score (nSPS) is 38.2. The zero-order valence-electron chi connectivity index (χ0n) is 8.57. The first-order valence-electron chi connectivity index (χ1n) is 4.84. The first kappa shape index (κ1) is 12.7. The fourth-order valence-electron chi connectivity index (χ4n) is 1.46. The maximum absolute atomic E-state index is 9.70. The molecule has 0 unspecified atom stereocenters. The summed E-state index contributed by atoms with van der Waals surface area (Å²) in [6, 6.07) is 0. The molecule has 1 aromatic rings. The van der Waals surface area contributed by atoms with E-state index in [9.17, 15) is 15.3 Å². The lowest BCUT2D eigenvalue weighted by molar-refractivity contribution is -0.205. The van der Waals surface area contributed by atoms with Crippen LogP contribution in [0.5, 0.6) is 0 Å². The number of aliphatic hydroxyl groups is 4. The summed E-state index contributed by atoms with van der Waals surface area (Å²) in [7, 11) is 0. The quantitative estimate of drug-likeness (QED) is 0.449. The van der Waals surface area contributed by atoms with Gasteiger partial charge in [-0.25, -0.2) is 0 Å². The average molecular weight is 264 g/mol. The fraction of sp³-hybridized carbons (Fsp3) is 0.857. The summed E-state index contributed by atoms with van der Waals surface area (Å²) < 4.78 is 6.48. The number of aromatic nitrogens is 4. The van der Waals surface area contributed by atoms with Gasteiger partial charge < -0.3 is 25.2 Å². The second-order valence-electron chi connectivity index (χ2n) is 3.52. The van der Waals surface area contributed by atoms with Gasteiger partial charge in [-0.05, 0) is 10.4 Å². The van der Waals surface area contributed by atoms with Crippen LogP contribution < -0.4 is 0 Å². The molecule has 96 valence electrons. The van der Waals surface area contributed by atoms with E-state index in [0.29, 0.717) is 0 Å². The first-order valence-corrected chi connectivity index (χ1v) is 5.68. The highest BCUT2D eigenvalue weighted by molar-refractivity contribution is 7.98. The van der Waals surface area contributed by atoms with Crippen molar-refractivity contribution in [3.8, 4) is 0 Å². The van der Waals surface area contributed by atoms with E-state index < -0.39 is 36.5 Å². The molecular weight excluding hydrogens is 252 g/mol. The Bertz CT molecular complexity index is 350. The molecule has 0 bridgehead atoms. The fourth-order valence-corrected chi connectivity index (χ4v) is 2.32. The molecule has 1 fully saturated rings. The highest BCUT2D eigenvalue weighted by Crippen LogP contribution is 2.28.